The molecule has 0 aliphatic heterocycles. The third-order valence-corrected chi connectivity index (χ3v) is 14.3. The summed E-state index contributed by atoms with van der Waals surface area (Å²) in [5, 5.41) is 6.97. The van der Waals surface area contributed by atoms with Crippen molar-refractivity contribution in [2.24, 2.45) is 0 Å². The molecule has 0 amide bonds. The molecular formula is C67H44N8. The molecule has 0 N–H and O–H groups in total. The number of rotatable bonds is 10. The van der Waals surface area contributed by atoms with Crippen LogP contribution in [0.15, 0.2) is 256 Å². The van der Waals surface area contributed by atoms with Gasteiger partial charge in [-0.2, -0.15) is 0 Å². The van der Waals surface area contributed by atoms with Gasteiger partial charge in [0.25, 0.3) is 0 Å². The van der Waals surface area contributed by atoms with Crippen molar-refractivity contribution in [3.8, 4) is 68.1 Å². The Hall–Kier alpha value is -10.3. The summed E-state index contributed by atoms with van der Waals surface area (Å²) in [5.74, 6) is 1.91. The van der Waals surface area contributed by atoms with Crippen molar-refractivity contribution < 1.29 is 0 Å². The molecule has 9 aromatic carbocycles. The molecule has 0 spiro atoms. The second kappa shape index (κ2) is 17.8. The second-order valence-electron chi connectivity index (χ2n) is 18.7. The van der Waals surface area contributed by atoms with E-state index in [1.165, 1.54) is 27.2 Å². The van der Waals surface area contributed by atoms with Gasteiger partial charge in [0.1, 0.15) is 0 Å². The number of nitrogens with zero attached hydrogens (tertiary/aromatic N) is 8. The molecule has 352 valence electrons. The van der Waals surface area contributed by atoms with Gasteiger partial charge in [-0.3, -0.25) is 0 Å². The van der Waals surface area contributed by atoms with Crippen molar-refractivity contribution >= 4 is 71.1 Å². The average Bonchev–Trinajstić information content (AvgIpc) is 4.18. The molecule has 14 aromatic rings. The molecule has 0 fully saturated rings. The maximum atomic E-state index is 4.98. The van der Waals surface area contributed by atoms with E-state index in [4.69, 9.17) is 24.9 Å². The second-order valence-corrected chi connectivity index (χ2v) is 18.7. The van der Waals surface area contributed by atoms with E-state index < -0.39 is 0 Å². The van der Waals surface area contributed by atoms with Gasteiger partial charge in [-0.1, -0.05) is 165 Å². The Kier molecular flexibility index (Phi) is 10.3. The molecule has 0 unspecified atom stereocenters. The Bertz CT molecular complexity index is 4540. The first-order valence-corrected chi connectivity index (χ1v) is 25.0. The minimum atomic E-state index is 0.396. The van der Waals surface area contributed by atoms with Gasteiger partial charge in [0.2, 0.25) is 5.82 Å². The van der Waals surface area contributed by atoms with E-state index in [-0.39, 0.29) is 0 Å². The Morgan fingerprint density at radius 2 is 0.733 bits per heavy atom. The van der Waals surface area contributed by atoms with Crippen LogP contribution in [0.3, 0.4) is 0 Å². The van der Waals surface area contributed by atoms with Crippen molar-refractivity contribution in [2.75, 3.05) is 0 Å². The lowest BCUT2D eigenvalue weighted by Crippen LogP contribution is -2.03. The summed E-state index contributed by atoms with van der Waals surface area (Å²) >= 11 is 0. The topological polar surface area (TPSA) is 79.2 Å². The normalized spacial score (nSPS) is 11.8. The molecule has 0 saturated carbocycles. The highest BCUT2D eigenvalue weighted by molar-refractivity contribution is 6.15. The van der Waals surface area contributed by atoms with Gasteiger partial charge in [-0.15, -0.1) is 0 Å². The highest BCUT2D eigenvalue weighted by Gasteiger charge is 2.20. The van der Waals surface area contributed by atoms with Crippen LogP contribution in [0.1, 0.15) is 0 Å². The van der Waals surface area contributed by atoms with E-state index in [0.29, 0.717) is 23.3 Å². The van der Waals surface area contributed by atoms with Gasteiger partial charge in [-0.25, -0.2) is 24.9 Å². The van der Waals surface area contributed by atoms with E-state index >= 15 is 0 Å². The number of hydrogen-bond donors (Lipinski definition) is 0. The maximum absolute atomic E-state index is 4.98. The third kappa shape index (κ3) is 7.34. The lowest BCUT2D eigenvalue weighted by Gasteiger charge is -2.10. The minimum Gasteiger partial charge on any atom is -0.310 e. The first kappa shape index (κ1) is 43.5. The predicted molar refractivity (Wildman–Crippen MR) is 309 cm³/mol. The maximum Gasteiger partial charge on any atom is 0.201 e. The molecule has 0 atom stereocenters. The van der Waals surface area contributed by atoms with Crippen molar-refractivity contribution in [3.05, 3.63) is 256 Å². The zero-order chi connectivity index (χ0) is 50.0. The van der Waals surface area contributed by atoms with Crippen LogP contribution < -0.4 is 0 Å². The zero-order valence-electron chi connectivity index (χ0n) is 40.6. The number of hydrogen-bond acceptors (Lipinski definition) is 5. The molecule has 0 saturated heterocycles. The summed E-state index contributed by atoms with van der Waals surface area (Å²) in [7, 11) is 0. The Labute approximate surface area is 431 Å². The number of allylic oxidation sites excluding steroid dienone is 4. The van der Waals surface area contributed by atoms with Crippen LogP contribution in [0, 0.1) is 0 Å². The van der Waals surface area contributed by atoms with Crippen LogP contribution in [0.5, 0.6) is 0 Å². The first-order valence-electron chi connectivity index (χ1n) is 25.0. The summed E-state index contributed by atoms with van der Waals surface area (Å²) in [6.45, 7) is 8.31. The molecular weight excluding hydrogens is 917 g/mol. The fourth-order valence-corrected chi connectivity index (χ4v) is 10.8. The van der Waals surface area contributed by atoms with E-state index in [0.717, 1.165) is 88.7 Å². The molecule has 0 aliphatic carbocycles. The van der Waals surface area contributed by atoms with Crippen molar-refractivity contribution in [2.45, 2.75) is 0 Å². The molecule has 14 rings (SSSR count). The largest absolute Gasteiger partial charge is 0.310 e. The molecule has 5 aromatic heterocycles. The lowest BCUT2D eigenvalue weighted by atomic mass is 9.98. The van der Waals surface area contributed by atoms with E-state index in [9.17, 15) is 0 Å². The highest BCUT2D eigenvalue weighted by Crippen LogP contribution is 2.41. The fraction of sp³-hybridized carbons (Fsp3) is 0. The van der Waals surface area contributed by atoms with Crippen LogP contribution in [0.2, 0.25) is 0 Å². The van der Waals surface area contributed by atoms with Crippen LogP contribution in [-0.4, -0.2) is 38.6 Å². The van der Waals surface area contributed by atoms with Crippen molar-refractivity contribution in [3.63, 3.8) is 0 Å². The SMILES string of the molecule is C=C/C=C\C(=C)n1c2ccccc2c2cc(-c3ccc4c(c3)c3cc(-c5ccc6c(c5)c5ccccc5n6-c5ccccc5)ccc3n4-c3cnc(-c4nc(-c5ccccc5)nc(-c5ccccc5)n4)nc3)ccc21. The van der Waals surface area contributed by atoms with Crippen LogP contribution in [0.4, 0.5) is 0 Å². The van der Waals surface area contributed by atoms with Gasteiger partial charge in [0, 0.05) is 54.8 Å². The Morgan fingerprint density at radius 3 is 1.27 bits per heavy atom. The van der Waals surface area contributed by atoms with Crippen molar-refractivity contribution in [1.29, 1.82) is 0 Å². The van der Waals surface area contributed by atoms with Crippen LogP contribution in [-0.2, 0) is 0 Å². The predicted octanol–water partition coefficient (Wildman–Crippen LogP) is 16.5. The number of benzene rings is 9. The standard InChI is InChI=1S/C67H44N8/c1-3-4-18-43(2)73-58-27-16-14-25-52(58)54-37-46(29-33-60(54)73)48-31-35-62-56(39-48)57-40-49(47-30-34-61-55(38-47)53-26-15-17-28-59(53)74(61)50-23-12-7-13-24-50)32-36-63(57)75(62)51-41-68-66(69-42-51)67-71-64(44-19-8-5-9-20-44)70-65(72-67)45-21-10-6-11-22-45/h3-42H,1-2H2/b18-4-. The first-order chi connectivity index (χ1) is 37.1. The van der Waals surface area contributed by atoms with Gasteiger partial charge in [0.05, 0.1) is 51.2 Å². The molecule has 0 bridgehead atoms. The molecule has 8 nitrogen and oxygen atoms in total. The van der Waals surface area contributed by atoms with Crippen LogP contribution >= 0.6 is 0 Å². The molecule has 0 aliphatic rings. The van der Waals surface area contributed by atoms with Gasteiger partial charge in [0.15, 0.2) is 17.5 Å². The zero-order valence-corrected chi connectivity index (χ0v) is 40.6. The molecule has 5 heterocycles. The highest BCUT2D eigenvalue weighted by atomic mass is 15.1. The molecule has 75 heavy (non-hydrogen) atoms. The summed E-state index contributed by atoms with van der Waals surface area (Å²) in [6, 6.07) is 74.9. The summed E-state index contributed by atoms with van der Waals surface area (Å²) in [5.41, 5.74) is 15.7. The monoisotopic (exact) mass is 960 g/mol. The van der Waals surface area contributed by atoms with Crippen LogP contribution in [0.25, 0.3) is 139 Å². The molecule has 0 radical (unpaired) electrons. The summed E-state index contributed by atoms with van der Waals surface area (Å²) in [6.07, 6.45) is 9.45. The van der Waals surface area contributed by atoms with Gasteiger partial charge < -0.3 is 13.7 Å². The average molecular weight is 961 g/mol. The van der Waals surface area contributed by atoms with E-state index in [1.54, 1.807) is 6.08 Å². The Morgan fingerprint density at radius 1 is 0.347 bits per heavy atom. The fourth-order valence-electron chi connectivity index (χ4n) is 10.8. The summed E-state index contributed by atoms with van der Waals surface area (Å²) < 4.78 is 6.84. The lowest BCUT2D eigenvalue weighted by molar-refractivity contribution is 1.01. The smallest absolute Gasteiger partial charge is 0.201 e. The third-order valence-electron chi connectivity index (χ3n) is 14.3. The quantitative estimate of drug-likeness (QED) is 0.128. The van der Waals surface area contributed by atoms with Gasteiger partial charge >= 0.3 is 0 Å². The minimum absolute atomic E-state index is 0.396. The number of para-hydroxylation sites is 3. The number of fused-ring (bicyclic) bond motifs is 9. The Balaban J connectivity index is 0.932. The summed E-state index contributed by atoms with van der Waals surface area (Å²) in [4.78, 5) is 24.7. The van der Waals surface area contributed by atoms with E-state index in [2.05, 4.69) is 179 Å². The van der Waals surface area contributed by atoms with Gasteiger partial charge in [-0.05, 0) is 101 Å². The molecule has 8 heteroatoms. The number of aromatic nitrogens is 8. The van der Waals surface area contributed by atoms with E-state index in [1.807, 2.05) is 85.2 Å². The van der Waals surface area contributed by atoms with Crippen molar-refractivity contribution in [1.82, 2.24) is 38.6 Å².